The van der Waals surface area contributed by atoms with E-state index in [0.29, 0.717) is 22.3 Å². The van der Waals surface area contributed by atoms with E-state index in [4.69, 9.17) is 0 Å². The van der Waals surface area contributed by atoms with E-state index in [-0.39, 0.29) is 0 Å². The van der Waals surface area contributed by atoms with Crippen LogP contribution in [-0.4, -0.2) is 0 Å². The summed E-state index contributed by atoms with van der Waals surface area (Å²) in [5.74, 6) is 0. The molecular weight excluding hydrogens is 450 g/mol. The van der Waals surface area contributed by atoms with Crippen LogP contribution in [0.4, 0.5) is 26.3 Å². The van der Waals surface area contributed by atoms with E-state index in [1.54, 1.807) is 0 Å². The highest BCUT2D eigenvalue weighted by atomic mass is 19.4. The normalized spacial score (nSPS) is 11.8. The first-order valence-electron chi connectivity index (χ1n) is 10.3. The molecule has 0 radical (unpaired) electrons. The van der Waals surface area contributed by atoms with Gasteiger partial charge >= 0.3 is 12.4 Å². The molecule has 0 aliphatic heterocycles. The summed E-state index contributed by atoms with van der Waals surface area (Å²) in [6.07, 6.45) is -9.00. The molecule has 0 fully saturated rings. The van der Waals surface area contributed by atoms with Gasteiger partial charge in [0.2, 0.25) is 0 Å². The third-order valence-corrected chi connectivity index (χ3v) is 5.38. The van der Waals surface area contributed by atoms with Crippen LogP contribution in [0.5, 0.6) is 0 Å². The van der Waals surface area contributed by atoms with Gasteiger partial charge in [-0.05, 0) is 57.7 Å². The molecule has 0 aliphatic rings. The summed E-state index contributed by atoms with van der Waals surface area (Å²) in [5, 5.41) is 0. The van der Waals surface area contributed by atoms with Gasteiger partial charge in [0.1, 0.15) is 0 Å². The van der Waals surface area contributed by atoms with E-state index >= 15 is 0 Å². The summed E-state index contributed by atoms with van der Waals surface area (Å²) >= 11 is 0. The van der Waals surface area contributed by atoms with Crippen LogP contribution in [0.15, 0.2) is 109 Å². The monoisotopic (exact) mass is 468 g/mol. The molecule has 0 saturated carbocycles. The second-order valence-electron chi connectivity index (χ2n) is 7.63. The van der Waals surface area contributed by atoms with Crippen LogP contribution in [0.1, 0.15) is 33.4 Å². The van der Waals surface area contributed by atoms with E-state index in [1.165, 1.54) is 24.3 Å². The lowest BCUT2D eigenvalue weighted by Gasteiger charge is -2.19. The Hall–Kier alpha value is -3.80. The van der Waals surface area contributed by atoms with Crippen molar-refractivity contribution < 1.29 is 26.3 Å². The number of alkyl halides is 6. The molecular formula is C28H18F6. The summed E-state index contributed by atoms with van der Waals surface area (Å²) < 4.78 is 79.0. The molecule has 172 valence electrons. The molecule has 0 atom stereocenters. The van der Waals surface area contributed by atoms with Crippen LogP contribution in [0, 0.1) is 0 Å². The lowest BCUT2D eigenvalue weighted by atomic mass is 9.85. The highest BCUT2D eigenvalue weighted by Gasteiger charge is 2.31. The van der Waals surface area contributed by atoms with Crippen LogP contribution in [-0.2, 0) is 12.4 Å². The minimum Gasteiger partial charge on any atom is -0.166 e. The van der Waals surface area contributed by atoms with Crippen LogP contribution in [0.2, 0.25) is 0 Å². The first-order chi connectivity index (χ1) is 16.1. The van der Waals surface area contributed by atoms with E-state index in [9.17, 15) is 26.3 Å². The van der Waals surface area contributed by atoms with Crippen molar-refractivity contribution in [3.8, 4) is 0 Å². The predicted molar refractivity (Wildman–Crippen MR) is 121 cm³/mol. The molecule has 0 bridgehead atoms. The lowest BCUT2D eigenvalue weighted by Crippen LogP contribution is -2.06. The van der Waals surface area contributed by atoms with E-state index in [0.717, 1.165) is 35.4 Å². The number of halogens is 6. The van der Waals surface area contributed by atoms with Crippen molar-refractivity contribution in [3.63, 3.8) is 0 Å². The van der Waals surface area contributed by atoms with Gasteiger partial charge in [-0.2, -0.15) is 26.3 Å². The maximum atomic E-state index is 13.2. The smallest absolute Gasteiger partial charge is 0.166 e. The largest absolute Gasteiger partial charge is 0.416 e. The predicted octanol–water partition coefficient (Wildman–Crippen LogP) is 8.73. The molecule has 0 amide bonds. The fourth-order valence-corrected chi connectivity index (χ4v) is 3.77. The van der Waals surface area contributed by atoms with Gasteiger partial charge in [0.05, 0.1) is 11.1 Å². The van der Waals surface area contributed by atoms with Gasteiger partial charge in [-0.15, -0.1) is 0 Å². The first-order valence-corrected chi connectivity index (χ1v) is 10.3. The molecule has 4 aromatic carbocycles. The standard InChI is InChI=1S/C28H18F6/c29-27(30,31)23-15-11-21(12-16-23)26(22-13-17-24(18-14-22)28(32,33)34)25(19-7-3-1-4-8-19)20-9-5-2-6-10-20/h1-18H. The zero-order chi connectivity index (χ0) is 24.3. The van der Waals surface area contributed by atoms with Crippen LogP contribution < -0.4 is 0 Å². The van der Waals surface area contributed by atoms with Gasteiger partial charge in [0.25, 0.3) is 0 Å². The maximum Gasteiger partial charge on any atom is 0.416 e. The topological polar surface area (TPSA) is 0 Å². The van der Waals surface area contributed by atoms with E-state index in [1.807, 2.05) is 60.7 Å². The third-order valence-electron chi connectivity index (χ3n) is 5.38. The Morgan fingerprint density at radius 1 is 0.353 bits per heavy atom. The second-order valence-corrected chi connectivity index (χ2v) is 7.63. The number of benzene rings is 4. The Balaban J connectivity index is 2.02. The average Bonchev–Trinajstić information content (AvgIpc) is 2.83. The molecule has 34 heavy (non-hydrogen) atoms. The summed E-state index contributed by atoms with van der Waals surface area (Å²) in [4.78, 5) is 0. The number of hydrogen-bond acceptors (Lipinski definition) is 0. The molecule has 0 aliphatic carbocycles. The van der Waals surface area contributed by atoms with Crippen molar-refractivity contribution in [1.82, 2.24) is 0 Å². The van der Waals surface area contributed by atoms with Gasteiger partial charge < -0.3 is 0 Å². The van der Waals surface area contributed by atoms with Gasteiger partial charge in [0.15, 0.2) is 0 Å². The fourth-order valence-electron chi connectivity index (χ4n) is 3.77. The van der Waals surface area contributed by atoms with Gasteiger partial charge in [-0.3, -0.25) is 0 Å². The molecule has 0 spiro atoms. The minimum absolute atomic E-state index is 0.454. The lowest BCUT2D eigenvalue weighted by molar-refractivity contribution is -0.138. The fraction of sp³-hybridized carbons (Fsp3) is 0.0714. The number of rotatable bonds is 4. The van der Waals surface area contributed by atoms with Crippen LogP contribution in [0.25, 0.3) is 11.1 Å². The van der Waals surface area contributed by atoms with Crippen molar-refractivity contribution in [3.05, 3.63) is 143 Å². The molecule has 0 aromatic heterocycles. The van der Waals surface area contributed by atoms with Crippen molar-refractivity contribution in [2.24, 2.45) is 0 Å². The molecule has 4 aromatic rings. The SMILES string of the molecule is FC(F)(F)c1ccc(C(=C(c2ccccc2)c2ccccc2)c2ccc(C(F)(F)F)cc2)cc1. The van der Waals surface area contributed by atoms with Crippen molar-refractivity contribution in [2.45, 2.75) is 12.4 Å². The first kappa shape index (κ1) is 23.4. The quantitative estimate of drug-likeness (QED) is 0.208. The van der Waals surface area contributed by atoms with Crippen molar-refractivity contribution >= 4 is 11.1 Å². The zero-order valence-electron chi connectivity index (χ0n) is 17.7. The molecule has 0 unspecified atom stereocenters. The summed E-state index contributed by atoms with van der Waals surface area (Å²) in [6.45, 7) is 0. The Kier molecular flexibility index (Phi) is 6.33. The zero-order valence-corrected chi connectivity index (χ0v) is 17.7. The Morgan fingerprint density at radius 3 is 0.882 bits per heavy atom. The van der Waals surface area contributed by atoms with Crippen molar-refractivity contribution in [2.75, 3.05) is 0 Å². The van der Waals surface area contributed by atoms with Gasteiger partial charge in [-0.25, -0.2) is 0 Å². The van der Waals surface area contributed by atoms with Crippen LogP contribution >= 0.6 is 0 Å². The minimum atomic E-state index is -4.50. The molecule has 0 heterocycles. The molecule has 0 N–H and O–H groups in total. The Bertz CT molecular complexity index is 1160. The summed E-state index contributed by atoms with van der Waals surface area (Å²) in [7, 11) is 0. The highest BCUT2D eigenvalue weighted by molar-refractivity contribution is 6.04. The van der Waals surface area contributed by atoms with Crippen LogP contribution in [0.3, 0.4) is 0 Å². The maximum absolute atomic E-state index is 13.2. The van der Waals surface area contributed by atoms with Gasteiger partial charge in [-0.1, -0.05) is 84.9 Å². The molecule has 0 saturated heterocycles. The van der Waals surface area contributed by atoms with E-state index in [2.05, 4.69) is 0 Å². The van der Waals surface area contributed by atoms with Gasteiger partial charge in [0, 0.05) is 0 Å². The van der Waals surface area contributed by atoms with Crippen molar-refractivity contribution in [1.29, 1.82) is 0 Å². The Morgan fingerprint density at radius 2 is 0.618 bits per heavy atom. The highest BCUT2D eigenvalue weighted by Crippen LogP contribution is 2.39. The average molecular weight is 468 g/mol. The number of hydrogen-bond donors (Lipinski definition) is 0. The van der Waals surface area contributed by atoms with E-state index < -0.39 is 23.5 Å². The Labute approximate surface area is 192 Å². The third kappa shape index (κ3) is 5.06. The molecule has 0 nitrogen and oxygen atoms in total. The summed E-state index contributed by atoms with van der Waals surface area (Å²) in [6, 6.07) is 27.7. The second kappa shape index (κ2) is 9.21. The molecule has 6 heteroatoms. The molecule has 4 rings (SSSR count). The summed E-state index contributed by atoms with van der Waals surface area (Å²) in [5.41, 5.74) is 2.09.